The minimum Gasteiger partial charge on any atom is -0.393 e. The van der Waals surface area contributed by atoms with Gasteiger partial charge in [-0.25, -0.2) is 0 Å². The molecule has 5 unspecified atom stereocenters. The summed E-state index contributed by atoms with van der Waals surface area (Å²) in [6.07, 6.45) is 23.2. The smallest absolute Gasteiger partial charge is 0.0640 e. The van der Waals surface area contributed by atoms with E-state index in [1.54, 1.807) is 5.57 Å². The van der Waals surface area contributed by atoms with Gasteiger partial charge in [0, 0.05) is 0 Å². The first-order valence-corrected chi connectivity index (χ1v) is 14.4. The van der Waals surface area contributed by atoms with Crippen LogP contribution < -0.4 is 0 Å². The number of aliphatic hydroxyl groups excluding tert-OH is 1. The van der Waals surface area contributed by atoms with E-state index in [0.29, 0.717) is 29.0 Å². The molecule has 6 rings (SSSR count). The van der Waals surface area contributed by atoms with Crippen LogP contribution in [0.25, 0.3) is 0 Å². The van der Waals surface area contributed by atoms with E-state index >= 15 is 0 Å². The number of fused-ring (bicyclic) bond motifs is 7. The summed E-state index contributed by atoms with van der Waals surface area (Å²) in [7, 11) is 0. The van der Waals surface area contributed by atoms with Gasteiger partial charge in [0.25, 0.3) is 0 Å². The molecule has 0 saturated heterocycles. The highest BCUT2D eigenvalue weighted by Crippen LogP contribution is 2.66. The zero-order valence-corrected chi connectivity index (χ0v) is 22.1. The Kier molecular flexibility index (Phi) is 6.67. The van der Waals surface area contributed by atoms with Crippen molar-refractivity contribution in [3.05, 3.63) is 23.8 Å². The molecule has 5 fully saturated rings. The van der Waals surface area contributed by atoms with Crippen LogP contribution >= 0.6 is 0 Å². The third-order valence-electron chi connectivity index (χ3n) is 11.7. The largest absolute Gasteiger partial charge is 0.393 e. The van der Waals surface area contributed by atoms with Crippen LogP contribution in [0.15, 0.2) is 23.8 Å². The molecule has 2 nitrogen and oxygen atoms in total. The van der Waals surface area contributed by atoms with Crippen molar-refractivity contribution < 1.29 is 9.84 Å². The molecule has 5 saturated carbocycles. The maximum absolute atomic E-state index is 9.58. The van der Waals surface area contributed by atoms with Crippen molar-refractivity contribution in [2.45, 2.75) is 124 Å². The number of ether oxygens (including phenoxy) is 1. The van der Waals surface area contributed by atoms with Crippen LogP contribution in [0.4, 0.5) is 0 Å². The molecule has 0 heterocycles. The van der Waals surface area contributed by atoms with E-state index < -0.39 is 0 Å². The lowest BCUT2D eigenvalue weighted by Gasteiger charge is -2.41. The van der Waals surface area contributed by atoms with Gasteiger partial charge in [0.05, 0.1) is 18.3 Å². The standard InChI is InChI=1S/C16H28O.C15H22O/c1-15(2)12-9-10-16(15,3)14(11-12)17-13-7-5-4-6-8-13;1-9(10(2)16)6-11-7-12-8-15(11)14-5-3-4-13(12)14/h12-14H,4-11H2,1-3H3;3,5-6,9-10,12-16H,4,7-8H2,1-2H3/b;11-6+/t;9?,10?,12-,13+,14+,15-/m.0/s1. The van der Waals surface area contributed by atoms with E-state index in [1.165, 1.54) is 70.6 Å². The monoisotopic (exact) mass is 454 g/mol. The van der Waals surface area contributed by atoms with Gasteiger partial charge in [0.15, 0.2) is 0 Å². The van der Waals surface area contributed by atoms with Crippen LogP contribution in [0.2, 0.25) is 0 Å². The van der Waals surface area contributed by atoms with Crippen molar-refractivity contribution in [2.75, 3.05) is 0 Å². The van der Waals surface area contributed by atoms with Gasteiger partial charge in [-0.05, 0) is 105 Å². The van der Waals surface area contributed by atoms with E-state index in [9.17, 15) is 5.11 Å². The number of aliphatic hydroxyl groups is 1. The molecule has 1 N–H and O–H groups in total. The maximum atomic E-state index is 9.58. The molecular formula is C31H50O2. The lowest BCUT2D eigenvalue weighted by atomic mass is 9.70. The summed E-state index contributed by atoms with van der Waals surface area (Å²) < 4.78 is 6.52. The average Bonchev–Trinajstić information content (AvgIpc) is 3.55. The highest BCUT2D eigenvalue weighted by atomic mass is 16.5. The Morgan fingerprint density at radius 2 is 1.82 bits per heavy atom. The molecule has 0 aromatic rings. The Balaban J connectivity index is 0.000000139. The first-order chi connectivity index (χ1) is 15.7. The fourth-order valence-electron chi connectivity index (χ4n) is 8.82. The highest BCUT2D eigenvalue weighted by Gasteiger charge is 2.62. The van der Waals surface area contributed by atoms with Crippen LogP contribution in [0.5, 0.6) is 0 Å². The van der Waals surface area contributed by atoms with Crippen LogP contribution in [0, 0.1) is 46.3 Å². The molecule has 0 aromatic carbocycles. The molecule has 33 heavy (non-hydrogen) atoms. The second-order valence-electron chi connectivity index (χ2n) is 13.5. The molecule has 0 radical (unpaired) electrons. The minimum absolute atomic E-state index is 0.207. The lowest BCUT2D eigenvalue weighted by molar-refractivity contribution is -0.0961. The van der Waals surface area contributed by atoms with Crippen molar-refractivity contribution in [1.29, 1.82) is 0 Å². The van der Waals surface area contributed by atoms with E-state index in [-0.39, 0.29) is 6.10 Å². The topological polar surface area (TPSA) is 29.5 Å². The molecule has 4 bridgehead atoms. The highest BCUT2D eigenvalue weighted by molar-refractivity contribution is 5.27. The third kappa shape index (κ3) is 4.20. The maximum Gasteiger partial charge on any atom is 0.0640 e. The normalized spacial score (nSPS) is 45.8. The van der Waals surface area contributed by atoms with E-state index in [0.717, 1.165) is 29.6 Å². The van der Waals surface area contributed by atoms with Crippen molar-refractivity contribution in [2.24, 2.45) is 46.3 Å². The van der Waals surface area contributed by atoms with Gasteiger partial charge >= 0.3 is 0 Å². The molecule has 186 valence electrons. The van der Waals surface area contributed by atoms with Crippen molar-refractivity contribution in [1.82, 2.24) is 0 Å². The molecule has 9 atom stereocenters. The number of hydrogen-bond acceptors (Lipinski definition) is 2. The molecular weight excluding hydrogens is 404 g/mol. The second-order valence-corrected chi connectivity index (χ2v) is 13.5. The van der Waals surface area contributed by atoms with Crippen LogP contribution in [0.1, 0.15) is 105 Å². The van der Waals surface area contributed by atoms with Gasteiger partial charge in [0.2, 0.25) is 0 Å². The fourth-order valence-corrected chi connectivity index (χ4v) is 8.82. The number of rotatable bonds is 4. The Morgan fingerprint density at radius 3 is 2.45 bits per heavy atom. The van der Waals surface area contributed by atoms with E-state index in [1.807, 2.05) is 6.92 Å². The van der Waals surface area contributed by atoms with Crippen molar-refractivity contribution in [3.63, 3.8) is 0 Å². The summed E-state index contributed by atoms with van der Waals surface area (Å²) in [6.45, 7) is 11.5. The summed E-state index contributed by atoms with van der Waals surface area (Å²) >= 11 is 0. The summed E-state index contributed by atoms with van der Waals surface area (Å²) in [4.78, 5) is 0. The Hall–Kier alpha value is -0.600. The molecule has 6 aliphatic carbocycles. The van der Waals surface area contributed by atoms with Crippen molar-refractivity contribution >= 4 is 0 Å². The zero-order valence-electron chi connectivity index (χ0n) is 22.1. The molecule has 6 aliphatic rings. The van der Waals surface area contributed by atoms with Crippen molar-refractivity contribution in [3.8, 4) is 0 Å². The number of allylic oxidation sites excluding steroid dienone is 3. The predicted molar refractivity (Wildman–Crippen MR) is 137 cm³/mol. The first-order valence-electron chi connectivity index (χ1n) is 14.4. The fraction of sp³-hybridized carbons (Fsp3) is 0.871. The van der Waals surface area contributed by atoms with Gasteiger partial charge in [-0.1, -0.05) is 70.8 Å². The van der Waals surface area contributed by atoms with E-state index in [4.69, 9.17) is 4.74 Å². The quantitative estimate of drug-likeness (QED) is 0.441. The summed E-state index contributed by atoms with van der Waals surface area (Å²) in [5, 5.41) is 9.58. The van der Waals surface area contributed by atoms with Crippen LogP contribution in [-0.4, -0.2) is 23.4 Å². The SMILES string of the molecule is CC(O)C(C)/C=C1\C[C@H]2C[C@@H]1[C@@H]1C=CC[C@H]21.CC1(C)C2CCC1(C)C(OC1CCCCC1)C2. The van der Waals surface area contributed by atoms with Gasteiger partial charge in [-0.2, -0.15) is 0 Å². The van der Waals surface area contributed by atoms with Gasteiger partial charge in [0.1, 0.15) is 0 Å². The third-order valence-corrected chi connectivity index (χ3v) is 11.7. The van der Waals surface area contributed by atoms with E-state index in [2.05, 4.69) is 45.9 Å². The molecule has 2 heteroatoms. The molecule has 0 spiro atoms. The second kappa shape index (κ2) is 9.12. The van der Waals surface area contributed by atoms with Crippen LogP contribution in [0.3, 0.4) is 0 Å². The summed E-state index contributed by atoms with van der Waals surface area (Å²) in [5.41, 5.74) is 2.60. The zero-order chi connectivity index (χ0) is 23.4. The first kappa shape index (κ1) is 24.1. The predicted octanol–water partition coefficient (Wildman–Crippen LogP) is 7.71. The van der Waals surface area contributed by atoms with Gasteiger partial charge in [-0.15, -0.1) is 0 Å². The van der Waals surface area contributed by atoms with Gasteiger partial charge < -0.3 is 9.84 Å². The van der Waals surface area contributed by atoms with Crippen LogP contribution in [-0.2, 0) is 4.74 Å². The number of hydrogen-bond donors (Lipinski definition) is 1. The summed E-state index contributed by atoms with van der Waals surface area (Å²) in [5.74, 6) is 4.79. The average molecular weight is 455 g/mol. The molecule has 0 amide bonds. The Labute approximate surface area is 203 Å². The summed E-state index contributed by atoms with van der Waals surface area (Å²) in [6, 6.07) is 0. The van der Waals surface area contributed by atoms with Gasteiger partial charge in [-0.3, -0.25) is 0 Å². The minimum atomic E-state index is -0.207. The Bertz CT molecular complexity index is 757. The lowest BCUT2D eigenvalue weighted by Crippen LogP contribution is -2.39. The molecule has 0 aliphatic heterocycles. The Morgan fingerprint density at radius 1 is 1.06 bits per heavy atom. The molecule has 0 aromatic heterocycles.